The Hall–Kier alpha value is -4.11. The molecule has 8 saturated carbocycles. The van der Waals surface area contributed by atoms with E-state index in [2.05, 4.69) is 84.9 Å². The molecule has 0 unspecified atom stereocenters. The van der Waals surface area contributed by atoms with Gasteiger partial charge in [-0.05, 0) is 178 Å². The molecule has 24 atom stereocenters. The second kappa shape index (κ2) is 16.2. The molecule has 6 bridgehead atoms. The fourth-order valence-corrected chi connectivity index (χ4v) is 26.6. The molecule has 81 heavy (non-hydrogen) atoms. The largest absolute Gasteiger partial charge is 0.469 e. The van der Waals surface area contributed by atoms with Crippen molar-refractivity contribution < 1.29 is 53.1 Å². The predicted molar refractivity (Wildman–Crippen MR) is 294 cm³/mol. The second-order valence-electron chi connectivity index (χ2n) is 30.4. The molecule has 430 valence electrons. The summed E-state index contributed by atoms with van der Waals surface area (Å²) >= 11 is 0. The van der Waals surface area contributed by atoms with Gasteiger partial charge in [-0.2, -0.15) is 0 Å². The van der Waals surface area contributed by atoms with Gasteiger partial charge in [-0.1, -0.05) is 87.2 Å². The zero-order valence-electron chi connectivity index (χ0n) is 47.3. The Bertz CT molecular complexity index is 3150. The van der Waals surface area contributed by atoms with E-state index in [4.69, 9.17) is 23.4 Å². The number of carbonyl (C=O) groups excluding carboxylic acids is 3. The zero-order valence-corrected chi connectivity index (χ0v) is 47.3. The molecule has 0 amide bonds. The lowest BCUT2D eigenvalue weighted by molar-refractivity contribution is -0.310. The highest BCUT2D eigenvalue weighted by molar-refractivity contribution is 5.95. The summed E-state index contributed by atoms with van der Waals surface area (Å²) in [6, 6.07) is 13.2. The highest BCUT2D eigenvalue weighted by atomic mass is 16.7. The van der Waals surface area contributed by atoms with Crippen LogP contribution in [0.15, 0.2) is 83.2 Å². The molecule has 1 aromatic heterocycles. The quantitative estimate of drug-likeness (QED) is 0.107. The number of hydrogen-bond acceptors (Lipinski definition) is 13. The monoisotopic (exact) mass is 1100 g/mol. The lowest BCUT2D eigenvalue weighted by Crippen LogP contribution is -2.84. The van der Waals surface area contributed by atoms with Crippen LogP contribution in [-0.4, -0.2) is 106 Å². The minimum atomic E-state index is -1.50. The van der Waals surface area contributed by atoms with Crippen LogP contribution in [0.25, 0.3) is 0 Å². The van der Waals surface area contributed by atoms with Gasteiger partial charge in [-0.3, -0.25) is 14.9 Å². The number of Topliss-reactive ketones (excluding diaryl/α,β-unsaturated/α-hetero) is 1. The van der Waals surface area contributed by atoms with Crippen LogP contribution < -0.4 is 5.32 Å². The molecule has 1 aromatic carbocycles. The smallest absolute Gasteiger partial charge is 0.339 e. The maximum Gasteiger partial charge on any atom is 0.339 e. The number of furan rings is 1. The highest BCUT2D eigenvalue weighted by Crippen LogP contribution is 2.94. The molecule has 0 radical (unpaired) electrons. The molecular weight excluding hydrogens is 1020 g/mol. The molecular formula is C68H82N2O11. The summed E-state index contributed by atoms with van der Waals surface area (Å²) in [4.78, 5) is 51.4. The van der Waals surface area contributed by atoms with E-state index >= 15 is 14.4 Å². The lowest BCUT2D eigenvalue weighted by Gasteiger charge is -2.74. The Morgan fingerprint density at radius 3 is 2.62 bits per heavy atom. The van der Waals surface area contributed by atoms with Gasteiger partial charge in [0.1, 0.15) is 41.2 Å². The number of aliphatic hydroxyl groups is 3. The van der Waals surface area contributed by atoms with Gasteiger partial charge >= 0.3 is 11.9 Å². The number of aliphatic hydroxyl groups excluding tert-OH is 3. The number of esters is 2. The number of nitrogens with zero attached hydrogens (tertiary/aromatic N) is 1. The van der Waals surface area contributed by atoms with Crippen molar-refractivity contribution in [3.05, 3.63) is 95.6 Å². The van der Waals surface area contributed by atoms with Gasteiger partial charge in [0, 0.05) is 40.8 Å². The molecule has 9 aliphatic carbocycles. The first-order valence-corrected chi connectivity index (χ1v) is 32.1. The van der Waals surface area contributed by atoms with Crippen LogP contribution in [0.1, 0.15) is 140 Å². The Kier molecular flexibility index (Phi) is 10.1. The first-order valence-electron chi connectivity index (χ1n) is 32.1. The number of ketones is 1. The Morgan fingerprint density at radius 2 is 1.78 bits per heavy atom. The summed E-state index contributed by atoms with van der Waals surface area (Å²) in [5.74, 6) is -0.449. The Morgan fingerprint density at radius 1 is 0.926 bits per heavy atom. The van der Waals surface area contributed by atoms with Gasteiger partial charge in [0.05, 0.1) is 42.6 Å². The number of allylic oxidation sites excluding steroid dienone is 2. The molecule has 5 saturated heterocycles. The second-order valence-corrected chi connectivity index (χ2v) is 30.4. The molecule has 16 aliphatic rings. The number of carbonyl (C=O) groups is 3. The van der Waals surface area contributed by atoms with Crippen LogP contribution >= 0.6 is 0 Å². The molecule has 4 N–H and O–H groups in total. The van der Waals surface area contributed by atoms with Crippen molar-refractivity contribution >= 4 is 17.7 Å². The van der Waals surface area contributed by atoms with Gasteiger partial charge in [0.2, 0.25) is 0 Å². The fraction of sp³-hybridized carbons (Fsp3) is 0.721. The maximum atomic E-state index is 17.0. The van der Waals surface area contributed by atoms with Crippen LogP contribution in [0.3, 0.4) is 0 Å². The van der Waals surface area contributed by atoms with Crippen molar-refractivity contribution in [2.24, 2.45) is 97.6 Å². The average Bonchev–Trinajstić information content (AvgIpc) is 1.62. The number of rotatable bonds is 9. The van der Waals surface area contributed by atoms with Crippen LogP contribution in [0.2, 0.25) is 0 Å². The van der Waals surface area contributed by atoms with Crippen molar-refractivity contribution in [2.75, 3.05) is 26.4 Å². The number of fused-ring (bicyclic) bond motifs is 5. The third-order valence-electron chi connectivity index (χ3n) is 28.4. The topological polar surface area (TPSA) is 181 Å². The summed E-state index contributed by atoms with van der Waals surface area (Å²) in [6.07, 6.45) is 24.5. The fourth-order valence-electron chi connectivity index (χ4n) is 26.6. The predicted octanol–water partition coefficient (Wildman–Crippen LogP) is 8.50. The first kappa shape index (κ1) is 50.2. The van der Waals surface area contributed by atoms with Crippen molar-refractivity contribution in [1.82, 2.24) is 10.2 Å². The standard InChI is InChI=1S/C68H82N2O11/c1-60-31-41-32-65-45-28-42(62(65)19-6-7-20-62)16-22-64(65)59(76)78-35-63-53(41)66(43-12-8-11-38(26-43)25-37-9-4-3-5-10-37,55(74)52(73)54(63)61(2)21-15-44(29-45)67(63,64)81-61)68(60)57(80-68)58(75)79-56(60)47-18-24-77-51(47)30-48(50(72)34-71)39-13-14-46-40(27-39)17-23-70-36-69-33-49(46)70/h3-5,9-10,15-18,22-24,38-43,45-46,48-50,53-57,69,71-72,74H,6-8,11-14,19-21,25-36H2,1-2H3/t38-,39-,40-,41+,42+,43+,45-,46-,48+,49+,50-,53-,54-,55-,56+,57-,60+,61+,63-,64+,65+,66+,67-,68-/m1/s1. The van der Waals surface area contributed by atoms with E-state index in [1.54, 1.807) is 6.26 Å². The molecule has 18 rings (SSSR count). The number of cyclic esters (lactones) is 2. The highest BCUT2D eigenvalue weighted by Gasteiger charge is 3.01. The van der Waals surface area contributed by atoms with Crippen LogP contribution in [0, 0.1) is 97.6 Å². The Labute approximate surface area is 475 Å². The van der Waals surface area contributed by atoms with Crippen molar-refractivity contribution in [1.29, 1.82) is 0 Å². The van der Waals surface area contributed by atoms with Crippen LogP contribution in [-0.2, 0) is 46.2 Å². The molecule has 6 spiro atoms. The van der Waals surface area contributed by atoms with E-state index in [9.17, 15) is 15.3 Å². The van der Waals surface area contributed by atoms with Crippen molar-refractivity contribution in [3.63, 3.8) is 0 Å². The Balaban J connectivity index is 0.844. The van der Waals surface area contributed by atoms with Crippen molar-refractivity contribution in [2.45, 2.75) is 177 Å². The van der Waals surface area contributed by atoms with Crippen LogP contribution in [0.4, 0.5) is 0 Å². The number of nitrogens with one attached hydrogen (secondary N) is 1. The minimum Gasteiger partial charge on any atom is -0.469 e. The summed E-state index contributed by atoms with van der Waals surface area (Å²) in [7, 11) is 0. The third-order valence-corrected chi connectivity index (χ3v) is 28.4. The number of hydrogen-bond donors (Lipinski definition) is 4. The van der Waals surface area contributed by atoms with E-state index in [0.717, 1.165) is 115 Å². The molecule has 2 aromatic rings. The van der Waals surface area contributed by atoms with Gasteiger partial charge in [0.25, 0.3) is 0 Å². The maximum absolute atomic E-state index is 17.0. The van der Waals surface area contributed by atoms with E-state index in [0.29, 0.717) is 48.8 Å². The molecule has 13 heteroatoms. The van der Waals surface area contributed by atoms with E-state index in [1.165, 1.54) is 11.1 Å². The lowest BCUT2D eigenvalue weighted by atomic mass is 9.28. The minimum absolute atomic E-state index is 0.0257. The van der Waals surface area contributed by atoms with Gasteiger partial charge < -0.3 is 43.6 Å². The normalized spacial score (nSPS) is 52.4. The zero-order chi connectivity index (χ0) is 54.6. The van der Waals surface area contributed by atoms with Crippen molar-refractivity contribution in [3.8, 4) is 0 Å². The molecule has 7 aliphatic heterocycles. The van der Waals surface area contributed by atoms with E-state index in [1.807, 2.05) is 6.07 Å². The van der Waals surface area contributed by atoms with Gasteiger partial charge in [0.15, 0.2) is 11.9 Å². The molecule has 13 nitrogen and oxygen atoms in total. The van der Waals surface area contributed by atoms with E-state index < -0.39 is 86.1 Å². The van der Waals surface area contributed by atoms with Gasteiger partial charge in [-0.25, -0.2) is 4.79 Å². The summed E-state index contributed by atoms with van der Waals surface area (Å²) in [6.45, 7) is 5.89. The van der Waals surface area contributed by atoms with Gasteiger partial charge in [-0.15, -0.1) is 0 Å². The summed E-state index contributed by atoms with van der Waals surface area (Å²) in [5.41, 5.74) is -5.74. The van der Waals surface area contributed by atoms with Crippen LogP contribution in [0.5, 0.6) is 0 Å². The third kappa shape index (κ3) is 5.37. The molecule has 8 heterocycles. The number of epoxide rings is 1. The van der Waals surface area contributed by atoms with E-state index in [-0.39, 0.29) is 65.9 Å². The summed E-state index contributed by atoms with van der Waals surface area (Å²) in [5, 5.41) is 40.9. The SMILES string of the molecule is C[C@@]12C[C@H]3C[C@@]45[C@H]6CC7=CC[C@]8(C)O[C@@]79[C@]7(COC(=O)[C@]94C=C[C@@H](C6)C54CCCC4)[C@@H]3[C@@]([C@H]3CCC[C@H](Cc4ccccc4)C3)([C@H](O)C(=O)[C@@H]78)[C@]13O[C@@H]3C(=O)O[C@H]2c1ccoc1C[C@@H]([C@@H]1CC[C@@H]2[C@H](C=CN3CNC[C@@H]23)C1)[C@H](O)CO. The number of benzene rings is 1. The average molecular weight is 1100 g/mol. The first-order chi connectivity index (χ1) is 39.2. The summed E-state index contributed by atoms with van der Waals surface area (Å²) < 4.78 is 36.6. The molecule has 13 fully saturated rings. The number of ether oxygens (including phenoxy) is 4.